The van der Waals surface area contributed by atoms with E-state index in [4.69, 9.17) is 5.11 Å². The highest BCUT2D eigenvalue weighted by Gasteiger charge is 2.22. The number of benzene rings is 1. The van der Waals surface area contributed by atoms with E-state index >= 15 is 0 Å². The van der Waals surface area contributed by atoms with Crippen molar-refractivity contribution >= 4 is 23.0 Å². The van der Waals surface area contributed by atoms with Crippen LogP contribution < -0.4 is 5.32 Å². The maximum absolute atomic E-state index is 12.5. The van der Waals surface area contributed by atoms with Crippen LogP contribution >= 0.6 is 11.3 Å². The maximum atomic E-state index is 12.5. The lowest BCUT2D eigenvalue weighted by Crippen LogP contribution is -2.35. The van der Waals surface area contributed by atoms with Gasteiger partial charge in [0.15, 0.2) is 0 Å². The van der Waals surface area contributed by atoms with E-state index < -0.39 is 0 Å². The third-order valence-corrected chi connectivity index (χ3v) is 4.55. The van der Waals surface area contributed by atoms with Gasteiger partial charge in [-0.05, 0) is 29.3 Å². The summed E-state index contributed by atoms with van der Waals surface area (Å²) in [5.74, 6) is -0.406. The Morgan fingerprint density at radius 2 is 1.83 bits per heavy atom. The van der Waals surface area contributed by atoms with Gasteiger partial charge in [-0.2, -0.15) is 0 Å². The molecule has 1 aromatic carbocycles. The number of thiophene rings is 1. The lowest BCUT2D eigenvalue weighted by molar-refractivity contribution is 0.0919. The van der Waals surface area contributed by atoms with Crippen molar-refractivity contribution in [2.75, 3.05) is 13.2 Å². The zero-order valence-corrected chi connectivity index (χ0v) is 14.2. The third-order valence-electron chi connectivity index (χ3n) is 3.68. The van der Waals surface area contributed by atoms with Crippen molar-refractivity contribution in [2.24, 2.45) is 5.41 Å². The van der Waals surface area contributed by atoms with Crippen molar-refractivity contribution in [3.8, 4) is 0 Å². The molecule has 0 spiro atoms. The summed E-state index contributed by atoms with van der Waals surface area (Å²) in [6.07, 6.45) is 0.600. The summed E-state index contributed by atoms with van der Waals surface area (Å²) < 4.78 is 0. The lowest BCUT2D eigenvalue weighted by Gasteiger charge is -2.24. The fourth-order valence-electron chi connectivity index (χ4n) is 2.23. The van der Waals surface area contributed by atoms with Crippen LogP contribution in [0.1, 0.15) is 45.9 Å². The summed E-state index contributed by atoms with van der Waals surface area (Å²) >= 11 is 1.36. The predicted molar refractivity (Wildman–Crippen MR) is 92.0 cm³/mol. The second-order valence-electron chi connectivity index (χ2n) is 6.17. The second kappa shape index (κ2) is 7.53. The number of aliphatic hydroxyl groups excluding tert-OH is 1. The molecule has 122 valence electrons. The van der Waals surface area contributed by atoms with Crippen LogP contribution in [0.4, 0.5) is 0 Å². The number of rotatable bonds is 7. The third kappa shape index (κ3) is 4.50. The molecular weight excluding hydrogens is 310 g/mol. The van der Waals surface area contributed by atoms with E-state index in [1.54, 1.807) is 30.3 Å². The molecule has 0 atom stereocenters. The molecule has 0 aliphatic heterocycles. The summed E-state index contributed by atoms with van der Waals surface area (Å²) in [5.41, 5.74) is 0.593. The molecule has 23 heavy (non-hydrogen) atoms. The van der Waals surface area contributed by atoms with Gasteiger partial charge in [0.1, 0.15) is 0 Å². The molecule has 2 N–H and O–H groups in total. The van der Waals surface area contributed by atoms with Gasteiger partial charge in [0.25, 0.3) is 5.91 Å². The molecule has 1 aromatic heterocycles. The molecule has 1 amide bonds. The van der Waals surface area contributed by atoms with Crippen molar-refractivity contribution in [1.29, 1.82) is 0 Å². The summed E-state index contributed by atoms with van der Waals surface area (Å²) in [4.78, 5) is 25.6. The molecule has 0 aliphatic rings. The normalized spacial score (nSPS) is 11.3. The molecular formula is C18H21NO3S. The molecule has 1 heterocycles. The number of nitrogens with one attached hydrogen (secondary N) is 1. The van der Waals surface area contributed by atoms with Crippen LogP contribution in [0.15, 0.2) is 41.8 Å². The molecule has 0 saturated heterocycles. The van der Waals surface area contributed by atoms with E-state index in [9.17, 15) is 9.59 Å². The number of hydrogen-bond acceptors (Lipinski definition) is 4. The summed E-state index contributed by atoms with van der Waals surface area (Å²) in [5, 5.41) is 13.8. The zero-order valence-electron chi connectivity index (χ0n) is 13.3. The fraction of sp³-hybridized carbons (Fsp3) is 0.333. The molecule has 0 fully saturated rings. The SMILES string of the molecule is CC(C)(CCO)CNC(=O)c1ccccc1C(=O)c1cccs1. The summed E-state index contributed by atoms with van der Waals surface area (Å²) in [6.45, 7) is 4.47. The van der Waals surface area contributed by atoms with Gasteiger partial charge in [0.05, 0.1) is 10.4 Å². The van der Waals surface area contributed by atoms with Crippen LogP contribution in [-0.4, -0.2) is 29.9 Å². The van der Waals surface area contributed by atoms with Gasteiger partial charge in [-0.3, -0.25) is 9.59 Å². The minimum atomic E-state index is -0.267. The minimum Gasteiger partial charge on any atom is -0.396 e. The van der Waals surface area contributed by atoms with Gasteiger partial charge in [0.2, 0.25) is 5.78 Å². The fourth-order valence-corrected chi connectivity index (χ4v) is 2.90. The standard InChI is InChI=1S/C18H21NO3S/c1-18(2,9-10-20)12-19-17(22)14-7-4-3-6-13(14)16(21)15-8-5-11-23-15/h3-8,11,20H,9-10,12H2,1-2H3,(H,19,22). The monoisotopic (exact) mass is 331 g/mol. The first kappa shape index (κ1) is 17.4. The molecule has 0 bridgehead atoms. The number of ketones is 1. The van der Waals surface area contributed by atoms with Crippen molar-refractivity contribution < 1.29 is 14.7 Å². The van der Waals surface area contributed by atoms with Crippen LogP contribution in [0.3, 0.4) is 0 Å². The number of carbonyl (C=O) groups excluding carboxylic acids is 2. The molecule has 0 unspecified atom stereocenters. The molecule has 2 aromatic rings. The quantitative estimate of drug-likeness (QED) is 0.766. The van der Waals surface area contributed by atoms with Crippen LogP contribution in [0.5, 0.6) is 0 Å². The van der Waals surface area contributed by atoms with Gasteiger partial charge in [-0.25, -0.2) is 0 Å². The van der Waals surface area contributed by atoms with E-state index in [0.717, 1.165) is 0 Å². The smallest absolute Gasteiger partial charge is 0.252 e. The van der Waals surface area contributed by atoms with Gasteiger partial charge in [-0.1, -0.05) is 38.1 Å². The number of aliphatic hydroxyl groups is 1. The van der Waals surface area contributed by atoms with E-state index in [1.165, 1.54) is 11.3 Å². The molecule has 0 aliphatic carbocycles. The highest BCUT2D eigenvalue weighted by Crippen LogP contribution is 2.20. The van der Waals surface area contributed by atoms with Crippen molar-refractivity contribution in [3.05, 3.63) is 57.8 Å². The van der Waals surface area contributed by atoms with Gasteiger partial charge < -0.3 is 10.4 Å². The van der Waals surface area contributed by atoms with E-state index in [2.05, 4.69) is 5.32 Å². The first-order chi connectivity index (χ1) is 10.9. The van der Waals surface area contributed by atoms with E-state index in [-0.39, 0.29) is 23.7 Å². The molecule has 4 nitrogen and oxygen atoms in total. The Labute approximate surface area is 140 Å². The first-order valence-electron chi connectivity index (χ1n) is 7.51. The van der Waals surface area contributed by atoms with Crippen molar-refractivity contribution in [2.45, 2.75) is 20.3 Å². The summed E-state index contributed by atoms with van der Waals surface area (Å²) in [6, 6.07) is 10.4. The predicted octanol–water partition coefficient (Wildman–Crippen LogP) is 3.12. The van der Waals surface area contributed by atoms with Crippen LogP contribution in [0, 0.1) is 5.41 Å². The topological polar surface area (TPSA) is 66.4 Å². The van der Waals surface area contributed by atoms with Crippen molar-refractivity contribution in [1.82, 2.24) is 5.32 Å². The minimum absolute atomic E-state index is 0.0797. The van der Waals surface area contributed by atoms with E-state index in [1.807, 2.05) is 25.3 Å². The average Bonchev–Trinajstić information content (AvgIpc) is 3.06. The molecule has 0 saturated carbocycles. The molecule has 0 radical (unpaired) electrons. The Balaban J connectivity index is 2.17. The van der Waals surface area contributed by atoms with Crippen molar-refractivity contribution in [3.63, 3.8) is 0 Å². The average molecular weight is 331 g/mol. The molecule has 5 heteroatoms. The Morgan fingerprint density at radius 1 is 1.13 bits per heavy atom. The van der Waals surface area contributed by atoms with Crippen LogP contribution in [-0.2, 0) is 0 Å². The number of amides is 1. The van der Waals surface area contributed by atoms with Gasteiger partial charge >= 0.3 is 0 Å². The number of carbonyl (C=O) groups is 2. The van der Waals surface area contributed by atoms with Gasteiger partial charge in [0, 0.05) is 18.7 Å². The second-order valence-corrected chi connectivity index (χ2v) is 7.12. The largest absolute Gasteiger partial charge is 0.396 e. The Morgan fingerprint density at radius 3 is 2.43 bits per heavy atom. The van der Waals surface area contributed by atoms with E-state index in [0.29, 0.717) is 29.0 Å². The van der Waals surface area contributed by atoms with Crippen LogP contribution in [0.2, 0.25) is 0 Å². The summed E-state index contributed by atoms with van der Waals surface area (Å²) in [7, 11) is 0. The maximum Gasteiger partial charge on any atom is 0.252 e. The Hall–Kier alpha value is -1.98. The van der Waals surface area contributed by atoms with Gasteiger partial charge in [-0.15, -0.1) is 11.3 Å². The highest BCUT2D eigenvalue weighted by atomic mass is 32.1. The van der Waals surface area contributed by atoms with Crippen LogP contribution in [0.25, 0.3) is 0 Å². The first-order valence-corrected chi connectivity index (χ1v) is 8.39. The lowest BCUT2D eigenvalue weighted by atomic mass is 9.89. The molecule has 2 rings (SSSR count). The number of hydrogen-bond donors (Lipinski definition) is 2. The highest BCUT2D eigenvalue weighted by molar-refractivity contribution is 7.12. The Kier molecular flexibility index (Phi) is 5.69. The zero-order chi connectivity index (χ0) is 16.9. The Bertz CT molecular complexity index is 677.